The maximum atomic E-state index is 14.0. The number of hydrogen-bond donors (Lipinski definition) is 1. The average molecular weight is 362 g/mol. The zero-order valence-corrected chi connectivity index (χ0v) is 13.0. The minimum absolute atomic E-state index is 0.163. The van der Waals surface area contributed by atoms with Crippen LogP contribution >= 0.6 is 27.5 Å². The molecule has 0 bridgehead atoms. The highest BCUT2D eigenvalue weighted by Gasteiger charge is 2.27. The number of rotatable bonds is 3. The van der Waals surface area contributed by atoms with Crippen LogP contribution in [0, 0.1) is 11.6 Å². The van der Waals surface area contributed by atoms with Gasteiger partial charge in [0.15, 0.2) is 0 Å². The van der Waals surface area contributed by atoms with Crippen molar-refractivity contribution in [3.8, 4) is 0 Å². The van der Waals surface area contributed by atoms with Crippen molar-refractivity contribution in [3.63, 3.8) is 0 Å². The van der Waals surface area contributed by atoms with Crippen LogP contribution in [-0.2, 0) is 12.0 Å². The van der Waals surface area contributed by atoms with Gasteiger partial charge in [-0.25, -0.2) is 8.78 Å². The van der Waals surface area contributed by atoms with Crippen LogP contribution in [0.5, 0.6) is 0 Å². The van der Waals surface area contributed by atoms with Gasteiger partial charge in [-0.15, -0.1) is 0 Å². The first kappa shape index (κ1) is 15.4. The quantitative estimate of drug-likeness (QED) is 0.776. The van der Waals surface area contributed by atoms with Crippen molar-refractivity contribution in [2.45, 2.75) is 18.9 Å². The van der Waals surface area contributed by atoms with Gasteiger partial charge in [0.05, 0.1) is 10.1 Å². The van der Waals surface area contributed by atoms with E-state index < -0.39 is 17.2 Å². The van der Waals surface area contributed by atoms with Gasteiger partial charge in [-0.3, -0.25) is 0 Å². The van der Waals surface area contributed by atoms with Crippen molar-refractivity contribution in [2.75, 3.05) is 0 Å². The number of aliphatic hydroxyl groups is 1. The predicted octanol–water partition coefficient (Wildman–Crippen LogP) is 4.83. The average Bonchev–Trinajstić information content (AvgIpc) is 2.39. The molecule has 0 aliphatic heterocycles. The fourth-order valence-corrected chi connectivity index (χ4v) is 2.56. The summed E-state index contributed by atoms with van der Waals surface area (Å²) in [6.07, 6.45) is -0.190. The van der Waals surface area contributed by atoms with Crippen molar-refractivity contribution in [2.24, 2.45) is 0 Å². The fourth-order valence-electron chi connectivity index (χ4n) is 2.00. The summed E-state index contributed by atoms with van der Waals surface area (Å²) in [6, 6.07) is 9.05. The van der Waals surface area contributed by atoms with Crippen molar-refractivity contribution < 1.29 is 13.9 Å². The van der Waals surface area contributed by atoms with Gasteiger partial charge in [0.2, 0.25) is 0 Å². The summed E-state index contributed by atoms with van der Waals surface area (Å²) in [4.78, 5) is 0. The fraction of sp³-hybridized carbons (Fsp3) is 0.200. The summed E-state index contributed by atoms with van der Waals surface area (Å²) >= 11 is 8.89. The molecule has 0 aromatic heterocycles. The zero-order valence-electron chi connectivity index (χ0n) is 10.6. The molecule has 2 aromatic carbocycles. The lowest BCUT2D eigenvalue weighted by molar-refractivity contribution is 0.0556. The molecule has 0 aliphatic rings. The molecule has 0 saturated carbocycles. The van der Waals surface area contributed by atoms with E-state index in [1.165, 1.54) is 13.0 Å². The maximum absolute atomic E-state index is 14.0. The molecular weight excluding hydrogens is 350 g/mol. The lowest BCUT2D eigenvalue weighted by atomic mass is 9.88. The van der Waals surface area contributed by atoms with Crippen LogP contribution in [0.2, 0.25) is 5.02 Å². The van der Waals surface area contributed by atoms with E-state index in [-0.39, 0.29) is 16.5 Å². The largest absolute Gasteiger partial charge is 0.385 e. The van der Waals surface area contributed by atoms with Crippen LogP contribution < -0.4 is 0 Å². The second kappa shape index (κ2) is 5.80. The van der Waals surface area contributed by atoms with E-state index in [9.17, 15) is 13.9 Å². The van der Waals surface area contributed by atoms with Gasteiger partial charge >= 0.3 is 0 Å². The number of hydrogen-bond acceptors (Lipinski definition) is 1. The Morgan fingerprint density at radius 2 is 1.95 bits per heavy atom. The van der Waals surface area contributed by atoms with Crippen molar-refractivity contribution in [1.82, 2.24) is 0 Å². The highest BCUT2D eigenvalue weighted by atomic mass is 79.9. The Kier molecular flexibility index (Phi) is 4.47. The minimum Gasteiger partial charge on any atom is -0.385 e. The van der Waals surface area contributed by atoms with E-state index in [0.29, 0.717) is 10.6 Å². The molecule has 1 atom stereocenters. The third-order valence-corrected chi connectivity index (χ3v) is 3.95. The van der Waals surface area contributed by atoms with Gasteiger partial charge in [0, 0.05) is 17.0 Å². The van der Waals surface area contributed by atoms with Gasteiger partial charge in [0.25, 0.3) is 0 Å². The van der Waals surface area contributed by atoms with Crippen LogP contribution in [0.15, 0.2) is 40.9 Å². The predicted molar refractivity (Wildman–Crippen MR) is 78.8 cm³/mol. The zero-order chi connectivity index (χ0) is 14.9. The van der Waals surface area contributed by atoms with E-state index in [4.69, 9.17) is 11.6 Å². The monoisotopic (exact) mass is 360 g/mol. The maximum Gasteiger partial charge on any atom is 0.143 e. The Labute approximate surface area is 129 Å². The lowest BCUT2D eigenvalue weighted by Crippen LogP contribution is -2.25. The molecule has 0 aliphatic carbocycles. The molecule has 1 N–H and O–H groups in total. The third kappa shape index (κ3) is 3.19. The Morgan fingerprint density at radius 3 is 2.60 bits per heavy atom. The Morgan fingerprint density at radius 1 is 1.25 bits per heavy atom. The molecule has 5 heteroatoms. The SMILES string of the molecule is CC(O)(Cc1c(F)ccc(Br)c1F)c1cccc(Cl)c1. The van der Waals surface area contributed by atoms with Crippen molar-refractivity contribution in [1.29, 1.82) is 0 Å². The summed E-state index contributed by atoms with van der Waals surface area (Å²) in [7, 11) is 0. The minimum atomic E-state index is -1.42. The van der Waals surface area contributed by atoms with Gasteiger partial charge in [-0.1, -0.05) is 23.7 Å². The Bertz CT molecular complexity index is 644. The summed E-state index contributed by atoms with van der Waals surface area (Å²) in [5.41, 5.74) is -1.08. The van der Waals surface area contributed by atoms with Crippen LogP contribution in [0.1, 0.15) is 18.1 Å². The number of halogens is 4. The van der Waals surface area contributed by atoms with E-state index in [2.05, 4.69) is 15.9 Å². The lowest BCUT2D eigenvalue weighted by Gasteiger charge is -2.25. The van der Waals surface area contributed by atoms with Crippen LogP contribution in [0.3, 0.4) is 0 Å². The molecule has 106 valence electrons. The van der Waals surface area contributed by atoms with Gasteiger partial charge in [0.1, 0.15) is 11.6 Å². The van der Waals surface area contributed by atoms with E-state index in [1.54, 1.807) is 24.3 Å². The molecule has 0 heterocycles. The first-order valence-corrected chi connectivity index (χ1v) is 7.09. The highest BCUT2D eigenvalue weighted by Crippen LogP contribution is 2.31. The molecule has 0 radical (unpaired) electrons. The second-order valence-corrected chi connectivity index (χ2v) is 6.07. The third-order valence-electron chi connectivity index (χ3n) is 3.11. The summed E-state index contributed by atoms with van der Waals surface area (Å²) < 4.78 is 27.9. The molecule has 0 saturated heterocycles. The van der Waals surface area contributed by atoms with Gasteiger partial charge < -0.3 is 5.11 Å². The smallest absolute Gasteiger partial charge is 0.143 e. The normalized spacial score (nSPS) is 14.1. The highest BCUT2D eigenvalue weighted by molar-refractivity contribution is 9.10. The molecule has 20 heavy (non-hydrogen) atoms. The second-order valence-electron chi connectivity index (χ2n) is 4.78. The van der Waals surface area contributed by atoms with Crippen LogP contribution in [0.25, 0.3) is 0 Å². The molecule has 0 fully saturated rings. The topological polar surface area (TPSA) is 20.2 Å². The van der Waals surface area contributed by atoms with E-state index >= 15 is 0 Å². The summed E-state index contributed by atoms with van der Waals surface area (Å²) in [6.45, 7) is 1.50. The van der Waals surface area contributed by atoms with Crippen LogP contribution in [-0.4, -0.2) is 5.11 Å². The van der Waals surface area contributed by atoms with Crippen molar-refractivity contribution in [3.05, 3.63) is 68.7 Å². The number of benzene rings is 2. The molecule has 0 spiro atoms. The van der Waals surface area contributed by atoms with Crippen molar-refractivity contribution >= 4 is 27.5 Å². The van der Waals surface area contributed by atoms with Crippen LogP contribution in [0.4, 0.5) is 8.78 Å². The molecule has 2 aromatic rings. The van der Waals surface area contributed by atoms with Gasteiger partial charge in [-0.2, -0.15) is 0 Å². The standard InChI is InChI=1S/C15H12BrClF2O/c1-15(20,9-3-2-4-10(17)7-9)8-11-13(18)6-5-12(16)14(11)19/h2-7,20H,8H2,1H3. The molecule has 1 nitrogen and oxygen atoms in total. The molecular formula is C15H12BrClF2O. The first-order chi connectivity index (χ1) is 9.31. The summed E-state index contributed by atoms with van der Waals surface area (Å²) in [5, 5.41) is 11.0. The van der Waals surface area contributed by atoms with E-state index in [1.807, 2.05) is 0 Å². The van der Waals surface area contributed by atoms with Gasteiger partial charge in [-0.05, 0) is 52.7 Å². The molecule has 2 rings (SSSR count). The summed E-state index contributed by atoms with van der Waals surface area (Å²) in [5.74, 6) is -1.39. The Balaban J connectivity index is 2.40. The molecule has 1 unspecified atom stereocenters. The Hall–Kier alpha value is -0.970. The van der Waals surface area contributed by atoms with E-state index in [0.717, 1.165) is 6.07 Å². The molecule has 0 amide bonds. The first-order valence-electron chi connectivity index (χ1n) is 5.92.